The van der Waals surface area contributed by atoms with Gasteiger partial charge in [-0.15, -0.1) is 0 Å². The smallest absolute Gasteiger partial charge is 0.273 e. The van der Waals surface area contributed by atoms with Crippen molar-refractivity contribution in [3.63, 3.8) is 0 Å². The van der Waals surface area contributed by atoms with E-state index in [0.29, 0.717) is 22.8 Å². The van der Waals surface area contributed by atoms with Gasteiger partial charge in [-0.1, -0.05) is 6.07 Å². The zero-order chi connectivity index (χ0) is 14.7. The molecule has 0 fully saturated rings. The molecule has 0 bridgehead atoms. The first-order valence-corrected chi connectivity index (χ1v) is 6.01. The molecule has 1 amide bonds. The van der Waals surface area contributed by atoms with E-state index >= 15 is 0 Å². The fourth-order valence-electron chi connectivity index (χ4n) is 1.79. The Labute approximate surface area is 117 Å². The van der Waals surface area contributed by atoms with Gasteiger partial charge in [0.05, 0.1) is 30.9 Å². The third-order valence-corrected chi connectivity index (χ3v) is 2.80. The van der Waals surface area contributed by atoms with E-state index in [0.717, 1.165) is 5.56 Å². The number of ether oxygens (including phenoxy) is 1. The summed E-state index contributed by atoms with van der Waals surface area (Å²) in [6.45, 7) is 0. The third-order valence-electron chi connectivity index (χ3n) is 2.80. The topological polar surface area (TPSA) is 81.3 Å². The number of aromatic nitrogens is 2. The molecule has 20 heavy (non-hydrogen) atoms. The molecule has 0 unspecified atom stereocenters. The number of nitrogens with zero attached hydrogens (tertiary/aromatic N) is 3. The third kappa shape index (κ3) is 2.54. The van der Waals surface area contributed by atoms with Crippen LogP contribution in [0.2, 0.25) is 0 Å². The second-order valence-electron chi connectivity index (χ2n) is 4.41. The lowest BCUT2D eigenvalue weighted by Crippen LogP contribution is -2.22. The quantitative estimate of drug-likeness (QED) is 0.855. The number of rotatable bonds is 3. The molecule has 104 valence electrons. The number of nitrogen functional groups attached to an aromatic ring is 1. The first-order valence-electron chi connectivity index (χ1n) is 6.01. The molecule has 2 N–H and O–H groups in total. The fourth-order valence-corrected chi connectivity index (χ4v) is 1.79. The summed E-state index contributed by atoms with van der Waals surface area (Å²) in [5.41, 5.74) is 8.02. The second kappa shape index (κ2) is 5.56. The highest BCUT2D eigenvalue weighted by atomic mass is 16.5. The number of amides is 1. The summed E-state index contributed by atoms with van der Waals surface area (Å²) in [7, 11) is 4.88. The highest BCUT2D eigenvalue weighted by Crippen LogP contribution is 2.33. The Bertz CT molecular complexity index is 624. The van der Waals surface area contributed by atoms with Crippen LogP contribution in [0.15, 0.2) is 30.6 Å². The van der Waals surface area contributed by atoms with Crippen LogP contribution in [0.25, 0.3) is 11.3 Å². The molecule has 0 aliphatic carbocycles. The molecule has 6 nitrogen and oxygen atoms in total. The van der Waals surface area contributed by atoms with Gasteiger partial charge in [0, 0.05) is 19.7 Å². The van der Waals surface area contributed by atoms with Gasteiger partial charge in [-0.3, -0.25) is 9.78 Å². The SMILES string of the molecule is COc1c(N)cccc1-c1cnc(C(=O)N(C)C)cn1. The van der Waals surface area contributed by atoms with Crippen molar-refractivity contribution in [2.24, 2.45) is 0 Å². The van der Waals surface area contributed by atoms with Gasteiger partial charge >= 0.3 is 0 Å². The maximum absolute atomic E-state index is 11.7. The van der Waals surface area contributed by atoms with E-state index in [2.05, 4.69) is 9.97 Å². The minimum absolute atomic E-state index is 0.191. The predicted octanol–water partition coefficient (Wildman–Crippen LogP) is 1.44. The molecule has 0 saturated heterocycles. The monoisotopic (exact) mass is 272 g/mol. The minimum atomic E-state index is -0.191. The summed E-state index contributed by atoms with van der Waals surface area (Å²) in [6.07, 6.45) is 2.98. The lowest BCUT2D eigenvalue weighted by Gasteiger charge is -2.11. The molecule has 0 radical (unpaired) electrons. The van der Waals surface area contributed by atoms with Crippen LogP contribution in [0.4, 0.5) is 5.69 Å². The van der Waals surface area contributed by atoms with Gasteiger partial charge in [-0.05, 0) is 12.1 Å². The molecule has 0 aliphatic heterocycles. The normalized spacial score (nSPS) is 10.2. The molecule has 6 heteroatoms. The molecule has 0 saturated carbocycles. The van der Waals surface area contributed by atoms with Gasteiger partial charge < -0.3 is 15.4 Å². The van der Waals surface area contributed by atoms with Crippen molar-refractivity contribution in [1.82, 2.24) is 14.9 Å². The lowest BCUT2D eigenvalue weighted by atomic mass is 10.1. The number of anilines is 1. The van der Waals surface area contributed by atoms with Crippen LogP contribution >= 0.6 is 0 Å². The number of carbonyl (C=O) groups is 1. The van der Waals surface area contributed by atoms with E-state index < -0.39 is 0 Å². The maximum Gasteiger partial charge on any atom is 0.273 e. The molecule has 0 atom stereocenters. The summed E-state index contributed by atoms with van der Waals surface area (Å²) >= 11 is 0. The Balaban J connectivity index is 2.41. The van der Waals surface area contributed by atoms with Gasteiger partial charge in [0.25, 0.3) is 5.91 Å². The van der Waals surface area contributed by atoms with Gasteiger partial charge in [-0.25, -0.2) is 4.98 Å². The number of methoxy groups -OCH3 is 1. The Morgan fingerprint density at radius 3 is 2.55 bits per heavy atom. The predicted molar refractivity (Wildman–Crippen MR) is 76.4 cm³/mol. The van der Waals surface area contributed by atoms with Gasteiger partial charge in [0.2, 0.25) is 0 Å². The largest absolute Gasteiger partial charge is 0.494 e. The zero-order valence-electron chi connectivity index (χ0n) is 11.6. The first kappa shape index (κ1) is 13.8. The standard InChI is InChI=1S/C14H16N4O2/c1-18(2)14(19)12-8-16-11(7-17-12)9-5-4-6-10(15)13(9)20-3/h4-8H,15H2,1-3H3. The molecule has 1 aromatic carbocycles. The number of carbonyl (C=O) groups excluding carboxylic acids is 1. The Kier molecular flexibility index (Phi) is 3.84. The number of benzene rings is 1. The average molecular weight is 272 g/mol. The van der Waals surface area contributed by atoms with E-state index in [1.54, 1.807) is 27.3 Å². The van der Waals surface area contributed by atoms with E-state index in [1.165, 1.54) is 17.3 Å². The number of hydrogen-bond donors (Lipinski definition) is 1. The molecular formula is C14H16N4O2. The summed E-state index contributed by atoms with van der Waals surface area (Å²) in [6, 6.07) is 5.40. The Morgan fingerprint density at radius 2 is 2.00 bits per heavy atom. The number of para-hydroxylation sites is 1. The van der Waals surface area contributed by atoms with Gasteiger partial charge in [0.15, 0.2) is 5.75 Å². The van der Waals surface area contributed by atoms with Crippen LogP contribution < -0.4 is 10.5 Å². The molecule has 0 spiro atoms. The van der Waals surface area contributed by atoms with E-state index in [4.69, 9.17) is 10.5 Å². The van der Waals surface area contributed by atoms with Gasteiger partial charge in [0.1, 0.15) is 5.69 Å². The van der Waals surface area contributed by atoms with Crippen molar-refractivity contribution in [3.05, 3.63) is 36.3 Å². The van der Waals surface area contributed by atoms with Crippen molar-refractivity contribution in [3.8, 4) is 17.0 Å². The highest BCUT2D eigenvalue weighted by Gasteiger charge is 2.13. The first-order chi connectivity index (χ1) is 9.54. The molecule has 1 heterocycles. The van der Waals surface area contributed by atoms with Crippen LogP contribution in [0.5, 0.6) is 5.75 Å². The van der Waals surface area contributed by atoms with Crippen LogP contribution in [0, 0.1) is 0 Å². The molecule has 1 aromatic heterocycles. The molecular weight excluding hydrogens is 256 g/mol. The second-order valence-corrected chi connectivity index (χ2v) is 4.41. The van der Waals surface area contributed by atoms with Crippen molar-refractivity contribution in [2.75, 3.05) is 26.9 Å². The van der Waals surface area contributed by atoms with E-state index in [9.17, 15) is 4.79 Å². The minimum Gasteiger partial charge on any atom is -0.494 e. The average Bonchev–Trinajstić information content (AvgIpc) is 2.46. The Morgan fingerprint density at radius 1 is 1.25 bits per heavy atom. The number of hydrogen-bond acceptors (Lipinski definition) is 5. The number of nitrogens with two attached hydrogens (primary N) is 1. The van der Waals surface area contributed by atoms with E-state index in [-0.39, 0.29) is 5.91 Å². The Hall–Kier alpha value is -2.63. The van der Waals surface area contributed by atoms with E-state index in [1.807, 2.05) is 12.1 Å². The van der Waals surface area contributed by atoms with Crippen LogP contribution in [-0.2, 0) is 0 Å². The van der Waals surface area contributed by atoms with Crippen LogP contribution in [0.3, 0.4) is 0 Å². The summed E-state index contributed by atoms with van der Waals surface area (Å²) < 4.78 is 5.28. The van der Waals surface area contributed by atoms with Crippen LogP contribution in [0.1, 0.15) is 10.5 Å². The van der Waals surface area contributed by atoms with Crippen molar-refractivity contribution in [1.29, 1.82) is 0 Å². The summed E-state index contributed by atoms with van der Waals surface area (Å²) in [4.78, 5) is 21.6. The molecule has 2 rings (SSSR count). The summed E-state index contributed by atoms with van der Waals surface area (Å²) in [5, 5.41) is 0. The zero-order valence-corrected chi connectivity index (χ0v) is 11.6. The molecule has 2 aromatic rings. The molecule has 0 aliphatic rings. The summed E-state index contributed by atoms with van der Waals surface area (Å²) in [5.74, 6) is 0.358. The van der Waals surface area contributed by atoms with Crippen molar-refractivity contribution >= 4 is 11.6 Å². The van der Waals surface area contributed by atoms with Crippen LogP contribution in [-0.4, -0.2) is 42.0 Å². The highest BCUT2D eigenvalue weighted by molar-refractivity contribution is 5.91. The van der Waals surface area contributed by atoms with Crippen molar-refractivity contribution in [2.45, 2.75) is 0 Å². The fraction of sp³-hybridized carbons (Fsp3) is 0.214. The maximum atomic E-state index is 11.7. The van der Waals surface area contributed by atoms with Gasteiger partial charge in [-0.2, -0.15) is 0 Å². The van der Waals surface area contributed by atoms with Crippen molar-refractivity contribution < 1.29 is 9.53 Å². The lowest BCUT2D eigenvalue weighted by molar-refractivity contribution is 0.0821.